The lowest BCUT2D eigenvalue weighted by atomic mass is 9.90. The molecule has 0 spiro atoms. The Morgan fingerprint density at radius 3 is 2.79 bits per heavy atom. The van der Waals surface area contributed by atoms with Gasteiger partial charge in [-0.1, -0.05) is 0 Å². The lowest BCUT2D eigenvalue weighted by Crippen LogP contribution is -2.19. The number of nitrogens with one attached hydrogen (secondary N) is 2. The first-order valence-corrected chi connectivity index (χ1v) is 10.7. The number of H-pyrrole nitrogens is 1. The first-order valence-electron chi connectivity index (χ1n) is 9.64. The zero-order valence-corrected chi connectivity index (χ0v) is 16.4. The first kappa shape index (κ1) is 19.0. The number of pyridine rings is 1. The minimum Gasteiger partial charge on any atom is -0.396 e. The van der Waals surface area contributed by atoms with Crippen LogP contribution in [0.25, 0.3) is 10.9 Å². The Bertz CT molecular complexity index is 985. The summed E-state index contributed by atoms with van der Waals surface area (Å²) in [4.78, 5) is 24.1. The Labute approximate surface area is 167 Å². The molecule has 1 aliphatic carbocycles. The highest BCUT2D eigenvalue weighted by atomic mass is 32.2. The van der Waals surface area contributed by atoms with Gasteiger partial charge in [0.15, 0.2) is 0 Å². The summed E-state index contributed by atoms with van der Waals surface area (Å²) in [5.74, 6) is 1.87. The number of aliphatic hydroxyl groups is 1. The maximum Gasteiger partial charge on any atom is 0.258 e. The SMILES string of the molecule is O=c1[nH]c(CS[C@H]2CC[C@H](CO)CC2)nc2cc(Nc3cccnc3)ccc12. The fourth-order valence-electron chi connectivity index (χ4n) is 3.62. The molecule has 0 bridgehead atoms. The summed E-state index contributed by atoms with van der Waals surface area (Å²) >= 11 is 1.85. The third kappa shape index (κ3) is 4.54. The molecule has 1 fully saturated rings. The molecule has 4 rings (SSSR count). The van der Waals surface area contributed by atoms with Gasteiger partial charge >= 0.3 is 0 Å². The molecule has 1 saturated carbocycles. The molecule has 0 unspecified atom stereocenters. The van der Waals surface area contributed by atoms with Crippen LogP contribution in [-0.2, 0) is 5.75 Å². The Morgan fingerprint density at radius 2 is 2.04 bits per heavy atom. The summed E-state index contributed by atoms with van der Waals surface area (Å²) in [6.07, 6.45) is 7.88. The van der Waals surface area contributed by atoms with Crippen molar-refractivity contribution in [2.24, 2.45) is 5.92 Å². The van der Waals surface area contributed by atoms with Crippen molar-refractivity contribution in [2.45, 2.75) is 36.7 Å². The van der Waals surface area contributed by atoms with E-state index >= 15 is 0 Å². The van der Waals surface area contributed by atoms with E-state index in [1.54, 1.807) is 18.5 Å². The van der Waals surface area contributed by atoms with Gasteiger partial charge in [-0.15, -0.1) is 0 Å². The molecule has 0 atom stereocenters. The second kappa shape index (κ2) is 8.75. The van der Waals surface area contributed by atoms with E-state index < -0.39 is 0 Å². The predicted molar refractivity (Wildman–Crippen MR) is 114 cm³/mol. The van der Waals surface area contributed by atoms with Gasteiger partial charge in [-0.05, 0) is 61.9 Å². The highest BCUT2D eigenvalue weighted by Crippen LogP contribution is 2.33. The number of hydrogen-bond donors (Lipinski definition) is 3. The van der Waals surface area contributed by atoms with Gasteiger partial charge < -0.3 is 15.4 Å². The molecule has 2 heterocycles. The molecule has 1 aliphatic rings. The molecule has 3 N–H and O–H groups in total. The van der Waals surface area contributed by atoms with Gasteiger partial charge in [0.2, 0.25) is 0 Å². The number of rotatable bonds is 6. The van der Waals surface area contributed by atoms with Crippen LogP contribution in [0.5, 0.6) is 0 Å². The number of aromatic nitrogens is 3. The topological polar surface area (TPSA) is 90.9 Å². The molecule has 2 aromatic heterocycles. The third-order valence-corrected chi connectivity index (χ3v) is 6.60. The number of thioether (sulfide) groups is 1. The van der Waals surface area contributed by atoms with E-state index in [0.29, 0.717) is 40.3 Å². The van der Waals surface area contributed by atoms with E-state index in [-0.39, 0.29) is 5.56 Å². The quantitative estimate of drug-likeness (QED) is 0.586. The Kier molecular flexibility index (Phi) is 5.92. The molecule has 0 radical (unpaired) electrons. The van der Waals surface area contributed by atoms with Crippen molar-refractivity contribution in [2.75, 3.05) is 11.9 Å². The van der Waals surface area contributed by atoms with Gasteiger partial charge in [0.25, 0.3) is 5.56 Å². The largest absolute Gasteiger partial charge is 0.396 e. The molecule has 28 heavy (non-hydrogen) atoms. The van der Waals surface area contributed by atoms with Gasteiger partial charge in [-0.3, -0.25) is 9.78 Å². The van der Waals surface area contributed by atoms with E-state index in [1.807, 2.05) is 36.0 Å². The number of aliphatic hydroxyl groups excluding tert-OH is 1. The number of hydrogen-bond acceptors (Lipinski definition) is 6. The molecule has 1 aromatic carbocycles. The fraction of sp³-hybridized carbons (Fsp3) is 0.381. The normalized spacial score (nSPS) is 19.6. The molecule has 3 aromatic rings. The van der Waals surface area contributed by atoms with Crippen molar-refractivity contribution in [3.05, 3.63) is 58.9 Å². The van der Waals surface area contributed by atoms with Crippen molar-refractivity contribution in [3.8, 4) is 0 Å². The van der Waals surface area contributed by atoms with Crippen LogP contribution in [0.3, 0.4) is 0 Å². The Balaban J connectivity index is 1.47. The van der Waals surface area contributed by atoms with E-state index in [0.717, 1.165) is 37.1 Å². The summed E-state index contributed by atoms with van der Waals surface area (Å²) in [6.45, 7) is 0.298. The monoisotopic (exact) mass is 396 g/mol. The molecule has 146 valence electrons. The summed E-state index contributed by atoms with van der Waals surface area (Å²) in [6, 6.07) is 9.39. The molecule has 0 amide bonds. The predicted octanol–water partition coefficient (Wildman–Crippen LogP) is 3.85. The van der Waals surface area contributed by atoms with Crippen LogP contribution in [0.15, 0.2) is 47.5 Å². The van der Waals surface area contributed by atoms with Crippen LogP contribution < -0.4 is 10.9 Å². The fourth-order valence-corrected chi connectivity index (χ4v) is 4.75. The average molecular weight is 397 g/mol. The van der Waals surface area contributed by atoms with Crippen LogP contribution in [0.4, 0.5) is 11.4 Å². The summed E-state index contributed by atoms with van der Waals surface area (Å²) in [7, 11) is 0. The first-order chi connectivity index (χ1) is 13.7. The number of fused-ring (bicyclic) bond motifs is 1. The standard InChI is InChI=1S/C21H24N4O2S/c26-12-14-3-6-17(7-4-14)28-13-20-24-19-10-15(5-8-18(19)21(27)25-20)23-16-2-1-9-22-11-16/h1-2,5,8-11,14,17,23,26H,3-4,6-7,12-13H2,(H,24,25,27)/t14-,17-. The van der Waals surface area contributed by atoms with Gasteiger partial charge in [0.05, 0.1) is 28.5 Å². The Hall–Kier alpha value is -2.38. The molecular weight excluding hydrogens is 372 g/mol. The van der Waals surface area contributed by atoms with Crippen LogP contribution >= 0.6 is 11.8 Å². The molecule has 0 aliphatic heterocycles. The van der Waals surface area contributed by atoms with Gasteiger partial charge in [-0.25, -0.2) is 4.98 Å². The van der Waals surface area contributed by atoms with E-state index in [1.165, 1.54) is 0 Å². The number of nitrogens with zero attached hydrogens (tertiary/aromatic N) is 2. The highest BCUT2D eigenvalue weighted by Gasteiger charge is 2.21. The number of anilines is 2. The zero-order chi connectivity index (χ0) is 19.3. The van der Waals surface area contributed by atoms with Crippen molar-refractivity contribution in [1.29, 1.82) is 0 Å². The van der Waals surface area contributed by atoms with Crippen molar-refractivity contribution < 1.29 is 5.11 Å². The van der Waals surface area contributed by atoms with Gasteiger partial charge in [0.1, 0.15) is 5.82 Å². The highest BCUT2D eigenvalue weighted by molar-refractivity contribution is 7.99. The summed E-state index contributed by atoms with van der Waals surface area (Å²) < 4.78 is 0. The van der Waals surface area contributed by atoms with Crippen molar-refractivity contribution in [1.82, 2.24) is 15.0 Å². The second-order valence-electron chi connectivity index (χ2n) is 7.25. The minimum atomic E-state index is -0.0995. The van der Waals surface area contributed by atoms with Crippen molar-refractivity contribution in [3.63, 3.8) is 0 Å². The second-order valence-corrected chi connectivity index (χ2v) is 8.54. The smallest absolute Gasteiger partial charge is 0.258 e. The van der Waals surface area contributed by atoms with E-state index in [9.17, 15) is 9.90 Å². The van der Waals surface area contributed by atoms with Crippen LogP contribution in [-0.4, -0.2) is 31.9 Å². The maximum absolute atomic E-state index is 12.4. The van der Waals surface area contributed by atoms with E-state index in [4.69, 9.17) is 0 Å². The lowest BCUT2D eigenvalue weighted by Gasteiger charge is -2.26. The summed E-state index contributed by atoms with van der Waals surface area (Å²) in [5, 5.41) is 13.7. The maximum atomic E-state index is 12.4. The Morgan fingerprint density at radius 1 is 1.18 bits per heavy atom. The molecule has 0 saturated heterocycles. The average Bonchev–Trinajstić information content (AvgIpc) is 2.73. The third-order valence-electron chi connectivity index (χ3n) is 5.21. The lowest BCUT2D eigenvalue weighted by molar-refractivity contribution is 0.192. The van der Waals surface area contributed by atoms with E-state index in [2.05, 4.69) is 20.3 Å². The van der Waals surface area contributed by atoms with Crippen LogP contribution in [0.2, 0.25) is 0 Å². The number of benzene rings is 1. The van der Waals surface area contributed by atoms with Gasteiger partial charge in [-0.2, -0.15) is 11.8 Å². The zero-order valence-electron chi connectivity index (χ0n) is 15.6. The van der Waals surface area contributed by atoms with Gasteiger partial charge in [0, 0.05) is 23.7 Å². The minimum absolute atomic E-state index is 0.0995. The number of aromatic amines is 1. The van der Waals surface area contributed by atoms with Crippen LogP contribution in [0.1, 0.15) is 31.5 Å². The molecular formula is C21H24N4O2S. The molecule has 6 nitrogen and oxygen atoms in total. The van der Waals surface area contributed by atoms with Crippen molar-refractivity contribution >= 4 is 34.0 Å². The molecule has 7 heteroatoms. The van der Waals surface area contributed by atoms with Crippen LogP contribution in [0, 0.1) is 5.92 Å². The summed E-state index contributed by atoms with van der Waals surface area (Å²) in [5.41, 5.74) is 2.36.